The number of carbonyl (C=O) groups excluding carboxylic acids is 2. The highest BCUT2D eigenvalue weighted by atomic mass is 32.2. The average Bonchev–Trinajstić information content (AvgIpc) is 2.54. The first-order valence-corrected chi connectivity index (χ1v) is 8.76. The average molecular weight is 348 g/mol. The molecule has 2 amide bonds. The SMILES string of the molecule is CC(=O)N1C=Cc2ccccc2C1CC(=O)NCCSCC(=O)O. The first-order valence-electron chi connectivity index (χ1n) is 7.61. The molecule has 1 aromatic carbocycles. The van der Waals surface area contributed by atoms with Gasteiger partial charge in [-0.25, -0.2) is 0 Å². The summed E-state index contributed by atoms with van der Waals surface area (Å²) in [6.45, 7) is 1.88. The molecule has 1 aromatic rings. The van der Waals surface area contributed by atoms with Crippen LogP contribution < -0.4 is 5.32 Å². The van der Waals surface area contributed by atoms with Crippen LogP contribution in [-0.2, 0) is 14.4 Å². The van der Waals surface area contributed by atoms with Gasteiger partial charge in [-0.05, 0) is 17.2 Å². The van der Waals surface area contributed by atoms with E-state index in [-0.39, 0.29) is 30.0 Å². The highest BCUT2D eigenvalue weighted by molar-refractivity contribution is 7.99. The molecule has 24 heavy (non-hydrogen) atoms. The highest BCUT2D eigenvalue weighted by Gasteiger charge is 2.27. The standard InChI is InChI=1S/C17H20N2O4S/c1-12(20)19-8-6-13-4-2-3-5-14(13)15(19)10-16(21)18-7-9-24-11-17(22)23/h2-6,8,15H,7,9-11H2,1H3,(H,18,21)(H,22,23). The summed E-state index contributed by atoms with van der Waals surface area (Å²) in [5, 5.41) is 11.3. The largest absolute Gasteiger partial charge is 0.481 e. The lowest BCUT2D eigenvalue weighted by Crippen LogP contribution is -2.35. The van der Waals surface area contributed by atoms with Crippen LogP contribution in [0.5, 0.6) is 0 Å². The number of hydrogen-bond donors (Lipinski definition) is 2. The van der Waals surface area contributed by atoms with E-state index >= 15 is 0 Å². The zero-order valence-electron chi connectivity index (χ0n) is 13.4. The third kappa shape index (κ3) is 4.86. The van der Waals surface area contributed by atoms with E-state index in [4.69, 9.17) is 5.11 Å². The summed E-state index contributed by atoms with van der Waals surface area (Å²) in [4.78, 5) is 36.0. The quantitative estimate of drug-likeness (QED) is 0.735. The Labute approximate surface area is 144 Å². The minimum atomic E-state index is -0.867. The van der Waals surface area contributed by atoms with Crippen molar-refractivity contribution in [3.05, 3.63) is 41.6 Å². The highest BCUT2D eigenvalue weighted by Crippen LogP contribution is 2.32. The van der Waals surface area contributed by atoms with Crippen LogP contribution >= 0.6 is 11.8 Å². The predicted octanol–water partition coefficient (Wildman–Crippen LogP) is 1.88. The van der Waals surface area contributed by atoms with Crippen molar-refractivity contribution in [3.8, 4) is 0 Å². The minimum Gasteiger partial charge on any atom is -0.481 e. The second-order valence-electron chi connectivity index (χ2n) is 5.39. The Kier molecular flexibility index (Phi) is 6.43. The number of rotatable bonds is 7. The molecule has 0 radical (unpaired) electrons. The molecular formula is C17H20N2O4S. The Morgan fingerprint density at radius 2 is 2.04 bits per heavy atom. The van der Waals surface area contributed by atoms with Gasteiger partial charge in [0.15, 0.2) is 0 Å². The Hall–Kier alpha value is -2.28. The van der Waals surface area contributed by atoms with Gasteiger partial charge in [0.25, 0.3) is 0 Å². The molecule has 0 saturated heterocycles. The number of carboxylic acid groups (broad SMARTS) is 1. The van der Waals surface area contributed by atoms with Crippen molar-refractivity contribution in [2.75, 3.05) is 18.1 Å². The molecule has 0 fully saturated rings. The summed E-state index contributed by atoms with van der Waals surface area (Å²) in [6.07, 6.45) is 3.75. The fraction of sp³-hybridized carbons (Fsp3) is 0.353. The first kappa shape index (κ1) is 18.1. The van der Waals surface area contributed by atoms with Crippen LogP contribution in [0.1, 0.15) is 30.5 Å². The lowest BCUT2D eigenvalue weighted by Gasteiger charge is -2.32. The van der Waals surface area contributed by atoms with Crippen molar-refractivity contribution in [2.24, 2.45) is 0 Å². The molecule has 0 spiro atoms. The summed E-state index contributed by atoms with van der Waals surface area (Å²) in [6, 6.07) is 7.37. The maximum Gasteiger partial charge on any atom is 0.313 e. The predicted molar refractivity (Wildman–Crippen MR) is 93.3 cm³/mol. The van der Waals surface area contributed by atoms with E-state index in [1.165, 1.54) is 18.7 Å². The van der Waals surface area contributed by atoms with Crippen LogP contribution in [0.4, 0.5) is 0 Å². The number of hydrogen-bond acceptors (Lipinski definition) is 4. The number of thioether (sulfide) groups is 1. The number of aliphatic carboxylic acids is 1. The molecule has 2 rings (SSSR count). The summed E-state index contributed by atoms with van der Waals surface area (Å²) >= 11 is 1.25. The molecule has 1 unspecified atom stereocenters. The second-order valence-corrected chi connectivity index (χ2v) is 6.49. The Bertz CT molecular complexity index is 660. The lowest BCUT2D eigenvalue weighted by atomic mass is 9.93. The Morgan fingerprint density at radius 1 is 1.29 bits per heavy atom. The zero-order chi connectivity index (χ0) is 17.5. The van der Waals surface area contributed by atoms with Gasteiger partial charge in [0.2, 0.25) is 11.8 Å². The van der Waals surface area contributed by atoms with Crippen LogP contribution in [0.2, 0.25) is 0 Å². The number of nitrogens with one attached hydrogen (secondary N) is 1. The van der Waals surface area contributed by atoms with Gasteiger partial charge < -0.3 is 15.3 Å². The van der Waals surface area contributed by atoms with E-state index in [1.807, 2.05) is 30.3 Å². The van der Waals surface area contributed by atoms with Crippen LogP contribution in [0.3, 0.4) is 0 Å². The molecule has 1 aliphatic rings. The summed E-state index contributed by atoms with van der Waals surface area (Å²) in [5.74, 6) is -0.582. The van der Waals surface area contributed by atoms with Gasteiger partial charge in [-0.3, -0.25) is 14.4 Å². The maximum absolute atomic E-state index is 12.2. The Morgan fingerprint density at radius 3 is 2.75 bits per heavy atom. The van der Waals surface area contributed by atoms with Gasteiger partial charge in [-0.1, -0.05) is 24.3 Å². The number of fused-ring (bicyclic) bond motifs is 1. The van der Waals surface area contributed by atoms with Crippen LogP contribution in [0.15, 0.2) is 30.5 Å². The van der Waals surface area contributed by atoms with Gasteiger partial charge >= 0.3 is 5.97 Å². The molecule has 0 aliphatic carbocycles. The number of carbonyl (C=O) groups is 3. The molecule has 1 aliphatic heterocycles. The van der Waals surface area contributed by atoms with Crippen molar-refractivity contribution < 1.29 is 19.5 Å². The smallest absolute Gasteiger partial charge is 0.313 e. The molecule has 6 nitrogen and oxygen atoms in total. The fourth-order valence-electron chi connectivity index (χ4n) is 2.58. The molecule has 1 atom stereocenters. The van der Waals surface area contributed by atoms with Crippen LogP contribution in [0.25, 0.3) is 6.08 Å². The van der Waals surface area contributed by atoms with E-state index in [9.17, 15) is 14.4 Å². The molecule has 0 aromatic heterocycles. The van der Waals surface area contributed by atoms with Crippen molar-refractivity contribution in [2.45, 2.75) is 19.4 Å². The second kappa shape index (κ2) is 8.54. The van der Waals surface area contributed by atoms with Crippen LogP contribution in [0, 0.1) is 0 Å². The maximum atomic E-state index is 12.2. The van der Waals surface area contributed by atoms with Gasteiger partial charge in [-0.15, -0.1) is 11.8 Å². The molecule has 2 N–H and O–H groups in total. The van der Waals surface area contributed by atoms with Gasteiger partial charge in [-0.2, -0.15) is 0 Å². The van der Waals surface area contributed by atoms with E-state index in [1.54, 1.807) is 11.1 Å². The van der Waals surface area contributed by atoms with Crippen molar-refractivity contribution in [3.63, 3.8) is 0 Å². The van der Waals surface area contributed by atoms with E-state index in [2.05, 4.69) is 5.32 Å². The normalized spacial score (nSPS) is 15.7. The topological polar surface area (TPSA) is 86.7 Å². The molecule has 7 heteroatoms. The van der Waals surface area contributed by atoms with Gasteiger partial charge in [0.05, 0.1) is 18.2 Å². The third-order valence-electron chi connectivity index (χ3n) is 3.64. The van der Waals surface area contributed by atoms with Crippen molar-refractivity contribution in [1.82, 2.24) is 10.2 Å². The minimum absolute atomic E-state index is 0.0226. The molecular weight excluding hydrogens is 328 g/mol. The van der Waals surface area contributed by atoms with E-state index < -0.39 is 5.97 Å². The summed E-state index contributed by atoms with van der Waals surface area (Å²) in [7, 11) is 0. The van der Waals surface area contributed by atoms with Crippen LogP contribution in [-0.4, -0.2) is 45.8 Å². The summed E-state index contributed by atoms with van der Waals surface area (Å²) in [5.41, 5.74) is 1.95. The summed E-state index contributed by atoms with van der Waals surface area (Å²) < 4.78 is 0. The molecule has 1 heterocycles. The first-order chi connectivity index (χ1) is 11.5. The molecule has 0 saturated carbocycles. The van der Waals surface area contributed by atoms with Crippen molar-refractivity contribution >= 4 is 35.6 Å². The number of amides is 2. The van der Waals surface area contributed by atoms with Gasteiger partial charge in [0.1, 0.15) is 0 Å². The number of nitrogens with zero attached hydrogens (tertiary/aromatic N) is 1. The number of carboxylic acids is 1. The molecule has 128 valence electrons. The molecule has 0 bridgehead atoms. The lowest BCUT2D eigenvalue weighted by molar-refractivity contribution is -0.134. The monoisotopic (exact) mass is 348 g/mol. The zero-order valence-corrected chi connectivity index (χ0v) is 14.2. The number of benzene rings is 1. The van der Waals surface area contributed by atoms with Gasteiger partial charge in [0, 0.05) is 25.4 Å². The third-order valence-corrected chi connectivity index (χ3v) is 4.59. The van der Waals surface area contributed by atoms with E-state index in [0.29, 0.717) is 12.3 Å². The fourth-order valence-corrected chi connectivity index (χ4v) is 3.15. The van der Waals surface area contributed by atoms with E-state index in [0.717, 1.165) is 11.1 Å². The van der Waals surface area contributed by atoms with Crippen molar-refractivity contribution in [1.29, 1.82) is 0 Å². The Balaban J connectivity index is 1.95.